The maximum Gasteiger partial charge on any atom is 0.254 e. The Kier molecular flexibility index (Phi) is 6.89. The van der Waals surface area contributed by atoms with Gasteiger partial charge in [-0.25, -0.2) is 15.0 Å². The van der Waals surface area contributed by atoms with E-state index >= 15 is 0 Å². The number of anilines is 2. The summed E-state index contributed by atoms with van der Waals surface area (Å²) < 4.78 is 12.0. The van der Waals surface area contributed by atoms with E-state index in [0.29, 0.717) is 17.2 Å². The van der Waals surface area contributed by atoms with Crippen LogP contribution in [0.25, 0.3) is 11.0 Å². The number of rotatable bonds is 6. The van der Waals surface area contributed by atoms with Gasteiger partial charge >= 0.3 is 0 Å². The molecule has 10 heteroatoms. The number of nitrogens with zero attached hydrogens (tertiary/aromatic N) is 5. The van der Waals surface area contributed by atoms with Gasteiger partial charge in [0.1, 0.15) is 11.3 Å². The van der Waals surface area contributed by atoms with Crippen LogP contribution in [0.3, 0.4) is 0 Å². The second-order valence-electron chi connectivity index (χ2n) is 8.98. The summed E-state index contributed by atoms with van der Waals surface area (Å²) in [5.41, 5.74) is 3.88. The van der Waals surface area contributed by atoms with Crippen LogP contribution >= 0.6 is 0 Å². The van der Waals surface area contributed by atoms with E-state index in [-0.39, 0.29) is 18.1 Å². The number of aryl methyl sites for hydroxylation is 1. The molecule has 5 rings (SSSR count). The molecule has 2 aromatic heterocycles. The Bertz CT molecular complexity index is 1190. The van der Waals surface area contributed by atoms with Crippen LogP contribution in [0.1, 0.15) is 41.7 Å². The first-order chi connectivity index (χ1) is 17.1. The fraction of sp³-hybridized carbons (Fsp3) is 0.480. The highest BCUT2D eigenvalue weighted by Gasteiger charge is 2.25. The van der Waals surface area contributed by atoms with E-state index in [4.69, 9.17) is 9.47 Å². The molecule has 1 amide bonds. The topological polar surface area (TPSA) is 114 Å². The van der Waals surface area contributed by atoms with Crippen molar-refractivity contribution in [2.45, 2.75) is 44.8 Å². The first-order valence-electron chi connectivity index (χ1n) is 12.2. The Morgan fingerprint density at radius 1 is 1.09 bits per heavy atom. The van der Waals surface area contributed by atoms with E-state index in [1.54, 1.807) is 25.6 Å². The third kappa shape index (κ3) is 5.27. The zero-order valence-electron chi connectivity index (χ0n) is 20.2. The largest absolute Gasteiger partial charge is 0.488 e. The van der Waals surface area contributed by atoms with Gasteiger partial charge in [-0.15, -0.1) is 0 Å². The molecule has 0 unspecified atom stereocenters. The molecule has 2 fully saturated rings. The summed E-state index contributed by atoms with van der Waals surface area (Å²) >= 11 is 0. The van der Waals surface area contributed by atoms with Crippen molar-refractivity contribution in [2.75, 3.05) is 43.6 Å². The van der Waals surface area contributed by atoms with Crippen molar-refractivity contribution in [3.63, 3.8) is 0 Å². The monoisotopic (exact) mass is 477 g/mol. The van der Waals surface area contributed by atoms with Crippen molar-refractivity contribution in [1.29, 1.82) is 0 Å². The van der Waals surface area contributed by atoms with E-state index in [9.17, 15) is 4.79 Å². The summed E-state index contributed by atoms with van der Waals surface area (Å²) in [6.45, 7) is 4.98. The molecule has 184 valence electrons. The SMILES string of the molecule is CNC(=O)c1cnc(N[C@H]2CC[C@@H](Oc3cc(N4CCOCC4)cc4nccnc34)CC2)nc1C. The van der Waals surface area contributed by atoms with Crippen molar-refractivity contribution in [3.8, 4) is 5.75 Å². The van der Waals surface area contributed by atoms with Gasteiger partial charge in [-0.1, -0.05) is 0 Å². The van der Waals surface area contributed by atoms with Gasteiger partial charge in [0.15, 0.2) is 0 Å². The minimum Gasteiger partial charge on any atom is -0.488 e. The molecule has 1 aliphatic heterocycles. The number of nitrogens with one attached hydrogen (secondary N) is 2. The van der Waals surface area contributed by atoms with E-state index in [0.717, 1.165) is 74.5 Å². The number of aromatic nitrogens is 4. The molecule has 1 aromatic carbocycles. The average molecular weight is 478 g/mol. The molecule has 0 spiro atoms. The van der Waals surface area contributed by atoms with Gasteiger partial charge in [0.05, 0.1) is 36.1 Å². The first-order valence-corrected chi connectivity index (χ1v) is 12.2. The zero-order chi connectivity index (χ0) is 24.2. The van der Waals surface area contributed by atoms with Crippen LogP contribution < -0.4 is 20.3 Å². The van der Waals surface area contributed by atoms with Crippen LogP contribution in [0.15, 0.2) is 30.7 Å². The van der Waals surface area contributed by atoms with Crippen LogP contribution in [0.2, 0.25) is 0 Å². The molecule has 0 bridgehead atoms. The lowest BCUT2D eigenvalue weighted by Crippen LogP contribution is -2.36. The van der Waals surface area contributed by atoms with Gasteiger partial charge in [0, 0.05) is 56.5 Å². The second-order valence-corrected chi connectivity index (χ2v) is 8.98. The normalized spacial score (nSPS) is 20.5. The van der Waals surface area contributed by atoms with Gasteiger partial charge in [0.25, 0.3) is 5.91 Å². The molecule has 2 N–H and O–H groups in total. The van der Waals surface area contributed by atoms with Crippen molar-refractivity contribution in [2.24, 2.45) is 0 Å². The number of amides is 1. The minimum absolute atomic E-state index is 0.108. The van der Waals surface area contributed by atoms with Crippen molar-refractivity contribution < 1.29 is 14.3 Å². The highest BCUT2D eigenvalue weighted by Crippen LogP contribution is 2.33. The summed E-state index contributed by atoms with van der Waals surface area (Å²) in [4.78, 5) is 32.1. The summed E-state index contributed by atoms with van der Waals surface area (Å²) in [5, 5.41) is 6.03. The number of morpholine rings is 1. The van der Waals surface area contributed by atoms with E-state index < -0.39 is 0 Å². The summed E-state index contributed by atoms with van der Waals surface area (Å²) in [6.07, 6.45) is 8.82. The number of benzene rings is 1. The Hall–Kier alpha value is -3.53. The lowest BCUT2D eigenvalue weighted by molar-refractivity contribution is 0.0961. The highest BCUT2D eigenvalue weighted by molar-refractivity contribution is 5.94. The third-order valence-electron chi connectivity index (χ3n) is 6.65. The Morgan fingerprint density at radius 3 is 2.60 bits per heavy atom. The fourth-order valence-corrected chi connectivity index (χ4v) is 4.70. The number of hydrogen-bond acceptors (Lipinski definition) is 9. The highest BCUT2D eigenvalue weighted by atomic mass is 16.5. The molecule has 3 heterocycles. The number of hydrogen-bond donors (Lipinski definition) is 2. The third-order valence-corrected chi connectivity index (χ3v) is 6.65. The van der Waals surface area contributed by atoms with Crippen LogP contribution in [0.5, 0.6) is 5.75 Å². The van der Waals surface area contributed by atoms with Crippen molar-refractivity contribution in [1.82, 2.24) is 25.3 Å². The van der Waals surface area contributed by atoms with Gasteiger partial charge in [-0.3, -0.25) is 9.78 Å². The lowest BCUT2D eigenvalue weighted by Gasteiger charge is -2.31. The molecule has 1 aliphatic carbocycles. The number of carbonyl (C=O) groups excluding carboxylic acids is 1. The molecule has 10 nitrogen and oxygen atoms in total. The molecular weight excluding hydrogens is 446 g/mol. The van der Waals surface area contributed by atoms with Gasteiger partial charge < -0.3 is 25.0 Å². The Balaban J connectivity index is 1.24. The van der Waals surface area contributed by atoms with Crippen LogP contribution in [0.4, 0.5) is 11.6 Å². The van der Waals surface area contributed by atoms with Crippen LogP contribution in [-0.2, 0) is 4.74 Å². The maximum atomic E-state index is 11.9. The first kappa shape index (κ1) is 23.2. The van der Waals surface area contributed by atoms with Gasteiger partial charge in [-0.05, 0) is 38.7 Å². The molecule has 1 saturated carbocycles. The molecule has 3 aromatic rings. The Morgan fingerprint density at radius 2 is 1.86 bits per heavy atom. The molecule has 0 radical (unpaired) electrons. The summed E-state index contributed by atoms with van der Waals surface area (Å²) in [5.74, 6) is 1.16. The fourth-order valence-electron chi connectivity index (χ4n) is 4.70. The van der Waals surface area contributed by atoms with Crippen molar-refractivity contribution in [3.05, 3.63) is 42.0 Å². The van der Waals surface area contributed by atoms with Crippen molar-refractivity contribution >= 4 is 28.6 Å². The van der Waals surface area contributed by atoms with Gasteiger partial charge in [0.2, 0.25) is 5.95 Å². The molecule has 2 aliphatic rings. The van der Waals surface area contributed by atoms with E-state index in [1.165, 1.54) is 0 Å². The zero-order valence-corrected chi connectivity index (χ0v) is 20.2. The predicted octanol–water partition coefficient (Wildman–Crippen LogP) is 2.73. The van der Waals surface area contributed by atoms with E-state index in [1.807, 2.05) is 6.92 Å². The average Bonchev–Trinajstić information content (AvgIpc) is 2.90. The van der Waals surface area contributed by atoms with Crippen LogP contribution in [-0.4, -0.2) is 71.3 Å². The van der Waals surface area contributed by atoms with Gasteiger partial charge in [-0.2, -0.15) is 0 Å². The van der Waals surface area contributed by atoms with E-state index in [2.05, 4.69) is 47.6 Å². The number of ether oxygens (including phenoxy) is 2. The molecule has 35 heavy (non-hydrogen) atoms. The minimum atomic E-state index is -0.179. The molecular formula is C25H31N7O3. The predicted molar refractivity (Wildman–Crippen MR) is 133 cm³/mol. The molecule has 1 saturated heterocycles. The standard InChI is InChI=1S/C25H31N7O3/c1-16-20(24(33)26-2)15-29-25(30-16)31-17-3-5-19(6-4-17)35-22-14-18(32-9-11-34-12-10-32)13-21-23(22)28-8-7-27-21/h7-8,13-15,17,19H,3-6,9-12H2,1-2H3,(H,26,33)(H,29,30,31)/t17-,19+. The summed E-state index contributed by atoms with van der Waals surface area (Å²) in [7, 11) is 1.60. The smallest absolute Gasteiger partial charge is 0.254 e. The Labute approximate surface area is 204 Å². The quantitative estimate of drug-likeness (QED) is 0.553. The molecule has 0 atom stereocenters. The van der Waals surface area contributed by atoms with Crippen LogP contribution in [0, 0.1) is 6.92 Å². The maximum absolute atomic E-state index is 11.9. The number of fused-ring (bicyclic) bond motifs is 1. The second kappa shape index (κ2) is 10.4. The lowest BCUT2D eigenvalue weighted by atomic mass is 9.93. The number of carbonyl (C=O) groups is 1. The summed E-state index contributed by atoms with van der Waals surface area (Å²) in [6, 6.07) is 4.44.